The van der Waals surface area contributed by atoms with Crippen molar-refractivity contribution < 1.29 is 0 Å². The summed E-state index contributed by atoms with van der Waals surface area (Å²) >= 11 is 0. The molecule has 2 N–H and O–H groups in total. The van der Waals surface area contributed by atoms with E-state index < -0.39 is 0 Å². The first-order chi connectivity index (χ1) is 9.29. The number of nitrogen functional groups attached to an aromatic ring is 1. The van der Waals surface area contributed by atoms with Crippen LogP contribution >= 0.6 is 0 Å². The van der Waals surface area contributed by atoms with Crippen LogP contribution in [0.3, 0.4) is 0 Å². The number of pyridine rings is 1. The molecule has 0 aliphatic rings. The minimum Gasteiger partial charge on any atom is -0.383 e. The van der Waals surface area contributed by atoms with Crippen molar-refractivity contribution in [3.8, 4) is 12.3 Å². The topological polar surface area (TPSA) is 69.6 Å². The number of nitrogens with zero attached hydrogens (tertiary/aromatic N) is 4. The Morgan fingerprint density at radius 1 is 1.26 bits per heavy atom. The minimum atomic E-state index is 0.409. The molecule has 5 heteroatoms. The molecule has 0 saturated carbocycles. The molecule has 5 nitrogen and oxygen atoms in total. The molecule has 3 heterocycles. The van der Waals surface area contributed by atoms with Crippen LogP contribution in [0, 0.1) is 12.3 Å². The highest BCUT2D eigenvalue weighted by Crippen LogP contribution is 2.23. The van der Waals surface area contributed by atoms with Crippen molar-refractivity contribution in [1.29, 1.82) is 0 Å². The van der Waals surface area contributed by atoms with Crippen LogP contribution in [0.25, 0.3) is 11.0 Å². The lowest BCUT2D eigenvalue weighted by Gasteiger charge is -2.04. The van der Waals surface area contributed by atoms with Gasteiger partial charge in [-0.3, -0.25) is 4.98 Å². The summed E-state index contributed by atoms with van der Waals surface area (Å²) in [5.74, 6) is 3.03. The van der Waals surface area contributed by atoms with Crippen molar-refractivity contribution >= 4 is 16.9 Å². The summed E-state index contributed by atoms with van der Waals surface area (Å²) in [6.07, 6.45) is 12.3. The highest BCUT2D eigenvalue weighted by molar-refractivity contribution is 5.92. The second kappa shape index (κ2) is 4.42. The highest BCUT2D eigenvalue weighted by atomic mass is 15.1. The molecule has 0 amide bonds. The van der Waals surface area contributed by atoms with Gasteiger partial charge in [0.2, 0.25) is 0 Å². The Morgan fingerprint density at radius 2 is 2.05 bits per heavy atom. The number of terminal acetylenes is 1. The van der Waals surface area contributed by atoms with E-state index in [0.717, 1.165) is 16.6 Å². The molecule has 0 fully saturated rings. The third kappa shape index (κ3) is 1.89. The predicted molar refractivity (Wildman–Crippen MR) is 73.2 cm³/mol. The van der Waals surface area contributed by atoms with Gasteiger partial charge in [0.05, 0.1) is 10.9 Å². The van der Waals surface area contributed by atoms with Crippen molar-refractivity contribution in [1.82, 2.24) is 19.5 Å². The van der Waals surface area contributed by atoms with Crippen LogP contribution in [-0.2, 0) is 6.54 Å². The van der Waals surface area contributed by atoms with Gasteiger partial charge in [-0.1, -0.05) is 5.92 Å². The van der Waals surface area contributed by atoms with Crippen molar-refractivity contribution in [2.75, 3.05) is 5.73 Å². The number of nitrogens with two attached hydrogens (primary N) is 1. The molecule has 3 aromatic heterocycles. The Kier molecular flexibility index (Phi) is 2.62. The molecule has 0 saturated heterocycles. The van der Waals surface area contributed by atoms with E-state index in [1.54, 1.807) is 12.4 Å². The van der Waals surface area contributed by atoms with Crippen molar-refractivity contribution in [2.24, 2.45) is 0 Å². The van der Waals surface area contributed by atoms with E-state index in [1.165, 1.54) is 6.33 Å². The lowest BCUT2D eigenvalue weighted by molar-refractivity contribution is 0.821. The predicted octanol–water partition coefficient (Wildman–Crippen LogP) is 1.44. The lowest BCUT2D eigenvalue weighted by Crippen LogP contribution is -2.00. The van der Waals surface area contributed by atoms with Gasteiger partial charge in [-0.05, 0) is 17.7 Å². The highest BCUT2D eigenvalue weighted by Gasteiger charge is 2.12. The van der Waals surface area contributed by atoms with Crippen LogP contribution in [-0.4, -0.2) is 19.5 Å². The molecule has 0 aliphatic carbocycles. The lowest BCUT2D eigenvalue weighted by atomic mass is 10.2. The van der Waals surface area contributed by atoms with Gasteiger partial charge in [0.1, 0.15) is 17.8 Å². The number of hydrogen-bond acceptors (Lipinski definition) is 4. The molecule has 0 spiro atoms. The summed E-state index contributed by atoms with van der Waals surface area (Å²) in [5.41, 5.74) is 8.45. The molecular formula is C14H11N5. The van der Waals surface area contributed by atoms with E-state index in [-0.39, 0.29) is 0 Å². The summed E-state index contributed by atoms with van der Waals surface area (Å²) in [6, 6.07) is 3.90. The van der Waals surface area contributed by atoms with Gasteiger partial charge in [-0.25, -0.2) is 9.97 Å². The number of anilines is 1. The quantitative estimate of drug-likeness (QED) is 0.698. The first-order valence-corrected chi connectivity index (χ1v) is 5.74. The van der Waals surface area contributed by atoms with Gasteiger partial charge in [0.25, 0.3) is 0 Å². The van der Waals surface area contributed by atoms with Gasteiger partial charge >= 0.3 is 0 Å². The largest absolute Gasteiger partial charge is 0.383 e. The first kappa shape index (κ1) is 11.2. The van der Waals surface area contributed by atoms with Gasteiger partial charge < -0.3 is 10.3 Å². The number of fused-ring (bicyclic) bond motifs is 1. The molecule has 0 unspecified atom stereocenters. The number of hydrogen-bond donors (Lipinski definition) is 1. The molecule has 19 heavy (non-hydrogen) atoms. The Hall–Kier alpha value is -2.87. The summed E-state index contributed by atoms with van der Waals surface area (Å²) in [6.45, 7) is 0.664. The van der Waals surface area contributed by atoms with E-state index in [1.807, 2.05) is 22.9 Å². The molecule has 3 aromatic rings. The maximum absolute atomic E-state index is 5.87. The molecule has 92 valence electrons. The molecule has 0 atom stereocenters. The molecule has 0 radical (unpaired) electrons. The fourth-order valence-corrected chi connectivity index (χ4v) is 2.06. The Morgan fingerprint density at radius 3 is 2.79 bits per heavy atom. The minimum absolute atomic E-state index is 0.409. The standard InChI is InChI=1S/C14H11N5/c1-2-11-8-19(7-10-3-5-16-6-4-10)14-12(11)13(15)17-9-18-14/h1,3-6,8-9H,7H2,(H2,15,17,18). The van der Waals surface area contributed by atoms with Crippen molar-refractivity contribution in [2.45, 2.75) is 6.54 Å². The van der Waals surface area contributed by atoms with Crippen LogP contribution in [0.15, 0.2) is 37.1 Å². The summed E-state index contributed by atoms with van der Waals surface area (Å²) in [7, 11) is 0. The van der Waals surface area contributed by atoms with Crippen LogP contribution in [0.4, 0.5) is 5.82 Å². The second-order valence-corrected chi connectivity index (χ2v) is 4.13. The van der Waals surface area contributed by atoms with E-state index in [9.17, 15) is 0 Å². The van der Waals surface area contributed by atoms with E-state index in [2.05, 4.69) is 20.9 Å². The monoisotopic (exact) mass is 249 g/mol. The van der Waals surface area contributed by atoms with E-state index >= 15 is 0 Å². The fourth-order valence-electron chi connectivity index (χ4n) is 2.06. The molecule has 0 aliphatic heterocycles. The summed E-state index contributed by atoms with van der Waals surface area (Å²) in [5, 5.41) is 0.735. The zero-order valence-corrected chi connectivity index (χ0v) is 10.1. The van der Waals surface area contributed by atoms with Crippen LogP contribution < -0.4 is 5.73 Å². The zero-order chi connectivity index (χ0) is 13.2. The average Bonchev–Trinajstić information content (AvgIpc) is 2.80. The fraction of sp³-hybridized carbons (Fsp3) is 0.0714. The third-order valence-electron chi connectivity index (χ3n) is 2.94. The Bertz CT molecular complexity index is 768. The van der Waals surface area contributed by atoms with Crippen molar-refractivity contribution in [3.05, 3.63) is 48.2 Å². The number of aromatic nitrogens is 4. The SMILES string of the molecule is C#Cc1cn(Cc2ccncc2)c2ncnc(N)c12. The van der Waals surface area contributed by atoms with E-state index in [4.69, 9.17) is 12.2 Å². The first-order valence-electron chi connectivity index (χ1n) is 5.74. The molecule has 0 aromatic carbocycles. The normalized spacial score (nSPS) is 10.5. The van der Waals surface area contributed by atoms with Crippen LogP contribution in [0.5, 0.6) is 0 Å². The molecular weight excluding hydrogens is 238 g/mol. The van der Waals surface area contributed by atoms with Crippen LogP contribution in [0.2, 0.25) is 0 Å². The summed E-state index contributed by atoms with van der Waals surface area (Å²) < 4.78 is 1.97. The van der Waals surface area contributed by atoms with Gasteiger partial charge in [0.15, 0.2) is 0 Å². The summed E-state index contributed by atoms with van der Waals surface area (Å²) in [4.78, 5) is 12.2. The third-order valence-corrected chi connectivity index (χ3v) is 2.94. The Labute approximate surface area is 110 Å². The van der Waals surface area contributed by atoms with E-state index in [0.29, 0.717) is 17.9 Å². The second-order valence-electron chi connectivity index (χ2n) is 4.13. The van der Waals surface area contributed by atoms with Gasteiger partial charge in [0, 0.05) is 25.1 Å². The zero-order valence-electron chi connectivity index (χ0n) is 10.1. The van der Waals surface area contributed by atoms with Gasteiger partial charge in [-0.2, -0.15) is 0 Å². The maximum atomic E-state index is 5.87. The smallest absolute Gasteiger partial charge is 0.147 e. The van der Waals surface area contributed by atoms with Gasteiger partial charge in [-0.15, -0.1) is 6.42 Å². The number of rotatable bonds is 2. The Balaban J connectivity index is 2.15. The molecule has 0 bridgehead atoms. The maximum Gasteiger partial charge on any atom is 0.147 e. The molecule has 3 rings (SSSR count). The average molecular weight is 249 g/mol. The van der Waals surface area contributed by atoms with Crippen molar-refractivity contribution in [3.63, 3.8) is 0 Å². The van der Waals surface area contributed by atoms with Crippen LogP contribution in [0.1, 0.15) is 11.1 Å².